The number of aromatic hydroxyl groups is 1. The summed E-state index contributed by atoms with van der Waals surface area (Å²) in [5.41, 5.74) is -0.107. The Morgan fingerprint density at radius 2 is 2.35 bits per heavy atom. The Labute approximate surface area is 97.9 Å². The van der Waals surface area contributed by atoms with Gasteiger partial charge < -0.3 is 10.0 Å². The Kier molecular flexibility index (Phi) is 2.96. The van der Waals surface area contributed by atoms with Gasteiger partial charge in [-0.05, 0) is 25.0 Å². The maximum atomic E-state index is 13.5. The zero-order valence-electron chi connectivity index (χ0n) is 9.06. The number of nitrogens with zero attached hydrogens (tertiary/aromatic N) is 2. The van der Waals surface area contributed by atoms with E-state index in [-0.39, 0.29) is 11.3 Å². The number of hydrogen-bond acceptors (Lipinski definition) is 3. The number of carbonyl (C=O) groups is 1. The molecule has 0 saturated carbocycles. The van der Waals surface area contributed by atoms with Gasteiger partial charge in [-0.3, -0.25) is 4.79 Å². The maximum Gasteiger partial charge on any atom is 0.257 e. The lowest BCUT2D eigenvalue weighted by Crippen LogP contribution is -2.35. The van der Waals surface area contributed by atoms with Gasteiger partial charge in [0.25, 0.3) is 5.91 Å². The van der Waals surface area contributed by atoms with Crippen LogP contribution in [0.15, 0.2) is 18.2 Å². The molecule has 17 heavy (non-hydrogen) atoms. The van der Waals surface area contributed by atoms with E-state index in [2.05, 4.69) is 0 Å². The summed E-state index contributed by atoms with van der Waals surface area (Å²) < 4.78 is 13.5. The zero-order chi connectivity index (χ0) is 12.4. The fourth-order valence-electron chi connectivity index (χ4n) is 1.98. The second-order valence-electron chi connectivity index (χ2n) is 3.95. The molecule has 1 fully saturated rings. The van der Waals surface area contributed by atoms with E-state index in [0.29, 0.717) is 13.0 Å². The summed E-state index contributed by atoms with van der Waals surface area (Å²) in [5.74, 6) is -1.48. The van der Waals surface area contributed by atoms with Crippen molar-refractivity contribution in [2.45, 2.75) is 18.9 Å². The van der Waals surface area contributed by atoms with Crippen molar-refractivity contribution in [3.63, 3.8) is 0 Å². The van der Waals surface area contributed by atoms with Crippen molar-refractivity contribution in [3.8, 4) is 11.8 Å². The summed E-state index contributed by atoms with van der Waals surface area (Å²) in [6, 6.07) is 4.94. The molecule has 1 amide bonds. The molecule has 1 aromatic rings. The molecule has 0 spiro atoms. The van der Waals surface area contributed by atoms with E-state index in [1.54, 1.807) is 0 Å². The molecule has 1 aromatic carbocycles. The molecule has 1 aliphatic heterocycles. The Balaban J connectivity index is 2.28. The molecular weight excluding hydrogens is 223 g/mol. The average Bonchev–Trinajstić information content (AvgIpc) is 2.76. The van der Waals surface area contributed by atoms with Crippen molar-refractivity contribution in [1.82, 2.24) is 4.90 Å². The van der Waals surface area contributed by atoms with Crippen LogP contribution in [0.3, 0.4) is 0 Å². The first-order valence-electron chi connectivity index (χ1n) is 5.32. The summed E-state index contributed by atoms with van der Waals surface area (Å²) in [6.45, 7) is 0.470. The van der Waals surface area contributed by atoms with Gasteiger partial charge in [0.2, 0.25) is 0 Å². The van der Waals surface area contributed by atoms with Gasteiger partial charge >= 0.3 is 0 Å². The van der Waals surface area contributed by atoms with E-state index in [0.717, 1.165) is 12.5 Å². The van der Waals surface area contributed by atoms with E-state index >= 15 is 0 Å². The average molecular weight is 234 g/mol. The number of halogens is 1. The van der Waals surface area contributed by atoms with Crippen molar-refractivity contribution in [1.29, 1.82) is 5.26 Å². The van der Waals surface area contributed by atoms with Gasteiger partial charge in [0.1, 0.15) is 17.6 Å². The van der Waals surface area contributed by atoms with Crippen LogP contribution in [0, 0.1) is 17.1 Å². The van der Waals surface area contributed by atoms with Gasteiger partial charge in [-0.1, -0.05) is 0 Å². The fraction of sp³-hybridized carbons (Fsp3) is 0.333. The standard InChI is InChI=1S/C12H11FN2O2/c13-11-6-9(16)3-4-10(11)12(17)15-5-1-2-8(15)7-14/h3-4,6,8,16H,1-2,5H2. The minimum atomic E-state index is -0.765. The summed E-state index contributed by atoms with van der Waals surface area (Å²) >= 11 is 0. The summed E-state index contributed by atoms with van der Waals surface area (Å²) in [7, 11) is 0. The van der Waals surface area contributed by atoms with E-state index in [1.807, 2.05) is 6.07 Å². The number of phenols is 1. The Bertz CT molecular complexity index is 496. The molecule has 1 saturated heterocycles. The quantitative estimate of drug-likeness (QED) is 0.803. The Hall–Kier alpha value is -2.09. The monoisotopic (exact) mass is 234 g/mol. The topological polar surface area (TPSA) is 64.3 Å². The molecule has 0 bridgehead atoms. The minimum absolute atomic E-state index is 0.107. The number of carbonyl (C=O) groups excluding carboxylic acids is 1. The number of hydrogen-bond donors (Lipinski definition) is 1. The first-order valence-corrected chi connectivity index (χ1v) is 5.32. The van der Waals surface area contributed by atoms with Crippen LogP contribution in [0.1, 0.15) is 23.2 Å². The molecule has 1 heterocycles. The normalized spacial score (nSPS) is 19.1. The number of benzene rings is 1. The molecule has 5 heteroatoms. The molecule has 0 radical (unpaired) electrons. The van der Waals surface area contributed by atoms with Gasteiger partial charge in [0, 0.05) is 12.6 Å². The van der Waals surface area contributed by atoms with Crippen LogP contribution in [0.2, 0.25) is 0 Å². The largest absolute Gasteiger partial charge is 0.508 e. The highest BCUT2D eigenvalue weighted by Crippen LogP contribution is 2.22. The smallest absolute Gasteiger partial charge is 0.257 e. The van der Waals surface area contributed by atoms with Gasteiger partial charge in [-0.2, -0.15) is 5.26 Å². The van der Waals surface area contributed by atoms with Crippen molar-refractivity contribution in [2.24, 2.45) is 0 Å². The molecular formula is C12H11FN2O2. The summed E-state index contributed by atoms with van der Waals surface area (Å²) in [4.78, 5) is 13.4. The van der Waals surface area contributed by atoms with Crippen LogP contribution < -0.4 is 0 Å². The lowest BCUT2D eigenvalue weighted by atomic mass is 10.1. The molecule has 88 valence electrons. The molecule has 1 N–H and O–H groups in total. The van der Waals surface area contributed by atoms with E-state index < -0.39 is 17.8 Å². The molecule has 0 aromatic heterocycles. The van der Waals surface area contributed by atoms with Gasteiger partial charge in [-0.25, -0.2) is 4.39 Å². The number of amides is 1. The Morgan fingerprint density at radius 3 is 3.00 bits per heavy atom. The van der Waals surface area contributed by atoms with Gasteiger partial charge in [0.15, 0.2) is 0 Å². The first kappa shape index (κ1) is 11.4. The first-order chi connectivity index (χ1) is 8.13. The number of phenolic OH excluding ortho intramolecular Hbond substituents is 1. The van der Waals surface area contributed by atoms with E-state index in [1.165, 1.54) is 17.0 Å². The van der Waals surface area contributed by atoms with Crippen LogP contribution in [0.25, 0.3) is 0 Å². The van der Waals surface area contributed by atoms with Crippen LogP contribution >= 0.6 is 0 Å². The molecule has 2 rings (SSSR count). The van der Waals surface area contributed by atoms with Crippen molar-refractivity contribution in [3.05, 3.63) is 29.6 Å². The zero-order valence-corrected chi connectivity index (χ0v) is 9.06. The minimum Gasteiger partial charge on any atom is -0.508 e. The second kappa shape index (κ2) is 4.42. The third-order valence-electron chi connectivity index (χ3n) is 2.85. The van der Waals surface area contributed by atoms with E-state index in [4.69, 9.17) is 10.4 Å². The van der Waals surface area contributed by atoms with Crippen LogP contribution in [-0.2, 0) is 0 Å². The molecule has 4 nitrogen and oxygen atoms in total. The Morgan fingerprint density at radius 1 is 1.59 bits per heavy atom. The highest BCUT2D eigenvalue weighted by Gasteiger charge is 2.30. The fourth-order valence-corrected chi connectivity index (χ4v) is 1.98. The predicted molar refractivity (Wildman–Crippen MR) is 57.7 cm³/mol. The predicted octanol–water partition coefficient (Wildman–Crippen LogP) is 1.66. The number of rotatable bonds is 1. The summed E-state index contributed by atoms with van der Waals surface area (Å²) in [6.07, 6.45) is 1.38. The maximum absolute atomic E-state index is 13.5. The second-order valence-corrected chi connectivity index (χ2v) is 3.95. The highest BCUT2D eigenvalue weighted by molar-refractivity contribution is 5.95. The van der Waals surface area contributed by atoms with Crippen molar-refractivity contribution < 1.29 is 14.3 Å². The lowest BCUT2D eigenvalue weighted by Gasteiger charge is -2.19. The van der Waals surface area contributed by atoms with Gasteiger partial charge in [0.05, 0.1) is 11.6 Å². The van der Waals surface area contributed by atoms with E-state index in [9.17, 15) is 9.18 Å². The highest BCUT2D eigenvalue weighted by atomic mass is 19.1. The van der Waals surface area contributed by atoms with Crippen LogP contribution in [0.4, 0.5) is 4.39 Å². The number of nitriles is 1. The lowest BCUT2D eigenvalue weighted by molar-refractivity contribution is 0.0760. The molecule has 1 atom stereocenters. The van der Waals surface area contributed by atoms with Gasteiger partial charge in [-0.15, -0.1) is 0 Å². The van der Waals surface area contributed by atoms with Crippen LogP contribution in [-0.4, -0.2) is 28.5 Å². The number of likely N-dealkylation sites (tertiary alicyclic amines) is 1. The van der Waals surface area contributed by atoms with Crippen LogP contribution in [0.5, 0.6) is 5.75 Å². The van der Waals surface area contributed by atoms with Crippen molar-refractivity contribution >= 4 is 5.91 Å². The SMILES string of the molecule is N#CC1CCCN1C(=O)c1ccc(O)cc1F. The van der Waals surface area contributed by atoms with Crippen molar-refractivity contribution in [2.75, 3.05) is 6.54 Å². The third kappa shape index (κ3) is 2.07. The summed E-state index contributed by atoms with van der Waals surface area (Å²) in [5, 5.41) is 17.9. The molecule has 1 aliphatic rings. The third-order valence-corrected chi connectivity index (χ3v) is 2.85. The molecule has 1 unspecified atom stereocenters. The molecule has 0 aliphatic carbocycles.